The third-order valence-electron chi connectivity index (χ3n) is 2.63. The molecule has 1 saturated carbocycles. The van der Waals surface area contributed by atoms with Crippen molar-refractivity contribution < 1.29 is 0 Å². The second-order valence-electron chi connectivity index (χ2n) is 3.68. The Bertz CT molecular complexity index is 266. The summed E-state index contributed by atoms with van der Waals surface area (Å²) in [4.78, 5) is 0. The molecule has 0 aliphatic heterocycles. The normalized spacial score (nSPS) is 29.5. The van der Waals surface area contributed by atoms with Gasteiger partial charge in [0.2, 0.25) is 0 Å². The van der Waals surface area contributed by atoms with Gasteiger partial charge in [-0.15, -0.1) is 0 Å². The van der Waals surface area contributed by atoms with Gasteiger partial charge < -0.3 is 5.73 Å². The van der Waals surface area contributed by atoms with E-state index in [0.29, 0.717) is 12.0 Å². The highest BCUT2D eigenvalue weighted by molar-refractivity contribution is 5.09. The molecule has 0 aromatic carbocycles. The second-order valence-corrected chi connectivity index (χ2v) is 3.68. The number of hydrogen-bond acceptors (Lipinski definition) is 2. The fourth-order valence-electron chi connectivity index (χ4n) is 1.94. The molecule has 0 saturated heterocycles. The Balaban J connectivity index is 2.11. The maximum Gasteiger partial charge on any atom is 0.0655 e. The summed E-state index contributed by atoms with van der Waals surface area (Å²) in [6.07, 6.45) is 5.47. The molecule has 1 aromatic rings. The lowest BCUT2D eigenvalue weighted by atomic mass is 10.0. The second kappa shape index (κ2) is 2.90. The van der Waals surface area contributed by atoms with Crippen molar-refractivity contribution in [2.75, 3.05) is 0 Å². The summed E-state index contributed by atoms with van der Waals surface area (Å²) < 4.78 is 1.86. The van der Waals surface area contributed by atoms with Crippen molar-refractivity contribution in [2.45, 2.75) is 31.2 Å². The highest BCUT2D eigenvalue weighted by Gasteiger charge is 2.24. The van der Waals surface area contributed by atoms with E-state index in [4.69, 9.17) is 5.73 Å². The summed E-state index contributed by atoms with van der Waals surface area (Å²) in [6.45, 7) is 0. The summed E-state index contributed by atoms with van der Waals surface area (Å²) in [5.74, 6) is 0.612. The number of aromatic nitrogens is 2. The van der Waals surface area contributed by atoms with Crippen LogP contribution in [-0.4, -0.2) is 15.8 Å². The van der Waals surface area contributed by atoms with Crippen molar-refractivity contribution in [3.8, 4) is 0 Å². The largest absolute Gasteiger partial charge is 0.328 e. The van der Waals surface area contributed by atoms with Gasteiger partial charge >= 0.3 is 0 Å². The highest BCUT2D eigenvalue weighted by Crippen LogP contribution is 2.32. The minimum Gasteiger partial charge on any atom is -0.328 e. The van der Waals surface area contributed by atoms with E-state index in [1.54, 1.807) is 0 Å². The zero-order valence-corrected chi connectivity index (χ0v) is 7.40. The predicted octanol–water partition coefficient (Wildman–Crippen LogP) is 1.01. The summed E-state index contributed by atoms with van der Waals surface area (Å²) in [5, 5.41) is 4.39. The summed E-state index contributed by atoms with van der Waals surface area (Å²) >= 11 is 0. The summed E-state index contributed by atoms with van der Waals surface area (Å²) in [7, 11) is 1.96. The molecule has 1 aliphatic carbocycles. The molecule has 3 heteroatoms. The Kier molecular flexibility index (Phi) is 1.89. The molecular formula is C9H15N3. The Morgan fingerprint density at radius 3 is 2.92 bits per heavy atom. The average molecular weight is 165 g/mol. The van der Waals surface area contributed by atoms with Crippen molar-refractivity contribution in [1.29, 1.82) is 0 Å². The van der Waals surface area contributed by atoms with Crippen LogP contribution in [0.5, 0.6) is 0 Å². The van der Waals surface area contributed by atoms with Crippen LogP contribution in [0.25, 0.3) is 0 Å². The first-order valence-electron chi connectivity index (χ1n) is 4.51. The standard InChI is InChI=1S/C9H15N3/c1-12-5-4-9(11-12)7-2-3-8(10)6-7/h4-5,7-8H,2-3,6,10H2,1H3. The first-order valence-corrected chi connectivity index (χ1v) is 4.51. The highest BCUT2D eigenvalue weighted by atomic mass is 15.2. The van der Waals surface area contributed by atoms with Crippen LogP contribution in [0.2, 0.25) is 0 Å². The molecule has 1 aromatic heterocycles. The number of nitrogens with zero attached hydrogens (tertiary/aromatic N) is 2. The van der Waals surface area contributed by atoms with Gasteiger partial charge in [0.25, 0.3) is 0 Å². The van der Waals surface area contributed by atoms with E-state index in [2.05, 4.69) is 11.2 Å². The van der Waals surface area contributed by atoms with Gasteiger partial charge in [-0.2, -0.15) is 5.10 Å². The Labute approximate surface area is 72.6 Å². The third-order valence-corrected chi connectivity index (χ3v) is 2.63. The molecule has 12 heavy (non-hydrogen) atoms. The van der Waals surface area contributed by atoms with Gasteiger partial charge in [0.15, 0.2) is 0 Å². The molecule has 0 bridgehead atoms. The van der Waals surface area contributed by atoms with Crippen LogP contribution < -0.4 is 5.73 Å². The monoisotopic (exact) mass is 165 g/mol. The summed E-state index contributed by atoms with van der Waals surface area (Å²) in [5.41, 5.74) is 7.05. The molecule has 2 atom stereocenters. The maximum absolute atomic E-state index is 5.83. The first-order chi connectivity index (χ1) is 5.75. The van der Waals surface area contributed by atoms with Crippen LogP contribution in [0.1, 0.15) is 30.9 Å². The van der Waals surface area contributed by atoms with E-state index in [1.807, 2.05) is 17.9 Å². The lowest BCUT2D eigenvalue weighted by Crippen LogP contribution is -2.14. The molecule has 0 radical (unpaired) electrons. The topological polar surface area (TPSA) is 43.8 Å². The van der Waals surface area contributed by atoms with Gasteiger partial charge in [-0.3, -0.25) is 4.68 Å². The lowest BCUT2D eigenvalue weighted by Gasteiger charge is -2.04. The smallest absolute Gasteiger partial charge is 0.0655 e. The van der Waals surface area contributed by atoms with E-state index in [0.717, 1.165) is 12.8 Å². The van der Waals surface area contributed by atoms with E-state index in [9.17, 15) is 0 Å². The fourth-order valence-corrected chi connectivity index (χ4v) is 1.94. The third kappa shape index (κ3) is 1.37. The zero-order valence-electron chi connectivity index (χ0n) is 7.40. The Morgan fingerprint density at radius 1 is 1.58 bits per heavy atom. The summed E-state index contributed by atoms with van der Waals surface area (Å²) in [6, 6.07) is 2.50. The molecule has 1 heterocycles. The molecule has 1 aliphatic rings. The molecule has 3 nitrogen and oxygen atoms in total. The van der Waals surface area contributed by atoms with Crippen LogP contribution in [-0.2, 0) is 7.05 Å². The molecule has 2 N–H and O–H groups in total. The van der Waals surface area contributed by atoms with Gasteiger partial charge in [-0.05, 0) is 25.3 Å². The van der Waals surface area contributed by atoms with Crippen LogP contribution in [0.4, 0.5) is 0 Å². The Hall–Kier alpha value is -0.830. The Morgan fingerprint density at radius 2 is 2.42 bits per heavy atom. The van der Waals surface area contributed by atoms with E-state index >= 15 is 0 Å². The van der Waals surface area contributed by atoms with Gasteiger partial charge in [0.05, 0.1) is 5.69 Å². The molecule has 66 valence electrons. The average Bonchev–Trinajstić information content (AvgIpc) is 2.58. The van der Waals surface area contributed by atoms with E-state index in [1.165, 1.54) is 12.1 Å². The lowest BCUT2D eigenvalue weighted by molar-refractivity contribution is 0.639. The van der Waals surface area contributed by atoms with Crippen molar-refractivity contribution in [3.63, 3.8) is 0 Å². The SMILES string of the molecule is Cn1ccc(C2CCC(N)C2)n1. The number of nitrogens with two attached hydrogens (primary N) is 1. The number of hydrogen-bond donors (Lipinski definition) is 1. The molecular weight excluding hydrogens is 150 g/mol. The van der Waals surface area contributed by atoms with Gasteiger partial charge in [0.1, 0.15) is 0 Å². The fraction of sp³-hybridized carbons (Fsp3) is 0.667. The molecule has 2 unspecified atom stereocenters. The van der Waals surface area contributed by atoms with Crippen molar-refractivity contribution >= 4 is 0 Å². The first kappa shape index (κ1) is 7.80. The molecule has 0 spiro atoms. The van der Waals surface area contributed by atoms with Crippen LogP contribution in [0.15, 0.2) is 12.3 Å². The van der Waals surface area contributed by atoms with Crippen molar-refractivity contribution in [2.24, 2.45) is 12.8 Å². The quantitative estimate of drug-likeness (QED) is 0.675. The van der Waals surface area contributed by atoms with Gasteiger partial charge in [-0.25, -0.2) is 0 Å². The molecule has 1 fully saturated rings. The number of rotatable bonds is 1. The van der Waals surface area contributed by atoms with Crippen molar-refractivity contribution in [1.82, 2.24) is 9.78 Å². The van der Waals surface area contributed by atoms with Gasteiger partial charge in [0, 0.05) is 25.2 Å². The predicted molar refractivity (Wildman–Crippen MR) is 47.8 cm³/mol. The van der Waals surface area contributed by atoms with Crippen LogP contribution in [0.3, 0.4) is 0 Å². The minimum atomic E-state index is 0.400. The zero-order chi connectivity index (χ0) is 8.55. The van der Waals surface area contributed by atoms with Crippen molar-refractivity contribution in [3.05, 3.63) is 18.0 Å². The van der Waals surface area contributed by atoms with Crippen LogP contribution >= 0.6 is 0 Å². The number of aryl methyl sites for hydroxylation is 1. The molecule has 0 amide bonds. The van der Waals surface area contributed by atoms with Crippen LogP contribution in [0, 0.1) is 0 Å². The maximum atomic E-state index is 5.83. The van der Waals surface area contributed by atoms with E-state index in [-0.39, 0.29) is 0 Å². The molecule has 2 rings (SSSR count). The van der Waals surface area contributed by atoms with E-state index < -0.39 is 0 Å². The van der Waals surface area contributed by atoms with Gasteiger partial charge in [-0.1, -0.05) is 0 Å². The minimum absolute atomic E-state index is 0.400.